The number of hydrogen-bond acceptors (Lipinski definition) is 6. The van der Waals surface area contributed by atoms with Crippen LogP contribution >= 0.6 is 22.9 Å². The Morgan fingerprint density at radius 1 is 1.23 bits per heavy atom. The molecule has 0 amide bonds. The zero-order valence-corrected chi connectivity index (χ0v) is 16.0. The lowest BCUT2D eigenvalue weighted by Gasteiger charge is -2.04. The summed E-state index contributed by atoms with van der Waals surface area (Å²) < 4.78 is 7.07. The fourth-order valence-electron chi connectivity index (χ4n) is 2.79. The van der Waals surface area contributed by atoms with Crippen molar-refractivity contribution in [2.75, 3.05) is 12.4 Å². The van der Waals surface area contributed by atoms with Crippen molar-refractivity contribution in [3.8, 4) is 17.3 Å². The number of fused-ring (bicyclic) bond motifs is 1. The molecule has 0 unspecified atom stereocenters. The second-order valence-electron chi connectivity index (χ2n) is 5.86. The molecule has 0 aliphatic rings. The number of methoxy groups -OCH3 is 1. The van der Waals surface area contributed by atoms with E-state index in [1.807, 2.05) is 42.0 Å². The van der Waals surface area contributed by atoms with Crippen molar-refractivity contribution in [2.45, 2.75) is 13.8 Å². The van der Waals surface area contributed by atoms with Crippen LogP contribution in [0.2, 0.25) is 5.02 Å². The quantitative estimate of drug-likeness (QED) is 0.542. The standard InChI is InChI=1S/C18H16ClN5OS/c1-10-6-13(19)17-21-11(2)16(24(17)8-10)14-9-26-18(23-14)22-12-4-5-15(25-3)20-7-12/h4-9H,1-3H3,(H,22,23). The van der Waals surface area contributed by atoms with E-state index in [2.05, 4.69) is 15.3 Å². The number of imidazole rings is 1. The topological polar surface area (TPSA) is 64.3 Å². The van der Waals surface area contributed by atoms with E-state index in [1.54, 1.807) is 19.4 Å². The number of thiazole rings is 1. The van der Waals surface area contributed by atoms with Gasteiger partial charge >= 0.3 is 0 Å². The summed E-state index contributed by atoms with van der Waals surface area (Å²) in [7, 11) is 1.59. The molecule has 0 aliphatic heterocycles. The van der Waals surface area contributed by atoms with Crippen LogP contribution in [-0.2, 0) is 0 Å². The second kappa shape index (κ2) is 6.59. The lowest BCUT2D eigenvalue weighted by Crippen LogP contribution is -1.94. The zero-order chi connectivity index (χ0) is 18.3. The number of anilines is 2. The Labute approximate surface area is 159 Å². The Kier molecular flexibility index (Phi) is 4.26. The SMILES string of the molecule is COc1ccc(Nc2nc(-c3c(C)nc4c(Cl)cc(C)cn34)cs2)cn1. The minimum absolute atomic E-state index is 0.573. The Morgan fingerprint density at radius 2 is 2.08 bits per heavy atom. The molecule has 4 rings (SSSR count). The van der Waals surface area contributed by atoms with Gasteiger partial charge in [-0.3, -0.25) is 4.40 Å². The smallest absolute Gasteiger partial charge is 0.213 e. The Morgan fingerprint density at radius 3 is 2.81 bits per heavy atom. The first-order chi connectivity index (χ1) is 12.5. The molecule has 0 radical (unpaired) electrons. The first-order valence-corrected chi connectivity index (χ1v) is 9.18. The van der Waals surface area contributed by atoms with Gasteiger partial charge in [0.2, 0.25) is 5.88 Å². The molecule has 0 saturated heterocycles. The highest BCUT2D eigenvalue weighted by atomic mass is 35.5. The van der Waals surface area contributed by atoms with Gasteiger partial charge < -0.3 is 10.1 Å². The third-order valence-electron chi connectivity index (χ3n) is 3.93. The minimum atomic E-state index is 0.573. The largest absolute Gasteiger partial charge is 0.481 e. The average molecular weight is 386 g/mol. The van der Waals surface area contributed by atoms with Gasteiger partial charge in [0.25, 0.3) is 0 Å². The van der Waals surface area contributed by atoms with Crippen LogP contribution in [0.15, 0.2) is 36.0 Å². The van der Waals surface area contributed by atoms with Crippen LogP contribution in [0, 0.1) is 13.8 Å². The van der Waals surface area contributed by atoms with Gasteiger partial charge in [0.15, 0.2) is 10.8 Å². The highest BCUT2D eigenvalue weighted by Crippen LogP contribution is 2.32. The summed E-state index contributed by atoms with van der Waals surface area (Å²) in [6.45, 7) is 3.98. The maximum Gasteiger partial charge on any atom is 0.213 e. The fourth-order valence-corrected chi connectivity index (χ4v) is 3.81. The van der Waals surface area contributed by atoms with Crippen molar-refractivity contribution in [3.05, 3.63) is 52.3 Å². The van der Waals surface area contributed by atoms with Gasteiger partial charge in [0.1, 0.15) is 5.69 Å². The van der Waals surface area contributed by atoms with Crippen LogP contribution in [0.1, 0.15) is 11.3 Å². The molecule has 26 heavy (non-hydrogen) atoms. The number of halogens is 1. The molecule has 0 aliphatic carbocycles. The third-order valence-corrected chi connectivity index (χ3v) is 4.97. The maximum absolute atomic E-state index is 6.34. The van der Waals surface area contributed by atoms with Crippen molar-refractivity contribution in [3.63, 3.8) is 0 Å². The van der Waals surface area contributed by atoms with Crippen LogP contribution in [0.4, 0.5) is 10.8 Å². The molecular weight excluding hydrogens is 370 g/mol. The number of aromatic nitrogens is 4. The van der Waals surface area contributed by atoms with E-state index in [1.165, 1.54) is 11.3 Å². The number of nitrogens with zero attached hydrogens (tertiary/aromatic N) is 4. The van der Waals surface area contributed by atoms with E-state index in [4.69, 9.17) is 21.3 Å². The predicted molar refractivity (Wildman–Crippen MR) is 105 cm³/mol. The molecule has 4 heterocycles. The molecular formula is C18H16ClN5OS. The number of aryl methyl sites for hydroxylation is 2. The predicted octanol–water partition coefficient (Wildman–Crippen LogP) is 4.88. The Bertz CT molecular complexity index is 1090. The van der Waals surface area contributed by atoms with Gasteiger partial charge in [-0.2, -0.15) is 0 Å². The van der Waals surface area contributed by atoms with Crippen LogP contribution in [0.3, 0.4) is 0 Å². The summed E-state index contributed by atoms with van der Waals surface area (Å²) in [5.41, 5.74) is 5.35. The van der Waals surface area contributed by atoms with Gasteiger partial charge in [-0.15, -0.1) is 11.3 Å². The van der Waals surface area contributed by atoms with E-state index in [-0.39, 0.29) is 0 Å². The van der Waals surface area contributed by atoms with E-state index >= 15 is 0 Å². The lowest BCUT2D eigenvalue weighted by atomic mass is 10.2. The van der Waals surface area contributed by atoms with Gasteiger partial charge in [-0.25, -0.2) is 15.0 Å². The number of ether oxygens (including phenoxy) is 1. The molecule has 0 bridgehead atoms. The monoisotopic (exact) mass is 385 g/mol. The normalized spacial score (nSPS) is 11.1. The zero-order valence-electron chi connectivity index (χ0n) is 14.4. The summed E-state index contributed by atoms with van der Waals surface area (Å²) >= 11 is 7.86. The molecule has 0 fully saturated rings. The molecule has 0 saturated carbocycles. The molecule has 4 aromatic rings. The van der Waals surface area contributed by atoms with Crippen molar-refractivity contribution in [1.82, 2.24) is 19.4 Å². The van der Waals surface area contributed by atoms with E-state index in [0.29, 0.717) is 10.9 Å². The first kappa shape index (κ1) is 16.8. The van der Waals surface area contributed by atoms with Crippen LogP contribution < -0.4 is 10.1 Å². The number of hydrogen-bond donors (Lipinski definition) is 1. The summed E-state index contributed by atoms with van der Waals surface area (Å²) in [4.78, 5) is 13.5. The Hall–Kier alpha value is -2.64. The highest BCUT2D eigenvalue weighted by molar-refractivity contribution is 7.14. The van der Waals surface area contributed by atoms with E-state index in [0.717, 1.165) is 39.1 Å². The molecule has 8 heteroatoms. The van der Waals surface area contributed by atoms with Crippen molar-refractivity contribution < 1.29 is 4.74 Å². The average Bonchev–Trinajstić information content (AvgIpc) is 3.19. The van der Waals surface area contributed by atoms with E-state index in [9.17, 15) is 0 Å². The third kappa shape index (κ3) is 3.00. The van der Waals surface area contributed by atoms with Crippen molar-refractivity contribution in [1.29, 1.82) is 0 Å². The molecule has 132 valence electrons. The number of rotatable bonds is 4. The van der Waals surface area contributed by atoms with E-state index < -0.39 is 0 Å². The van der Waals surface area contributed by atoms with Crippen molar-refractivity contribution in [2.24, 2.45) is 0 Å². The number of pyridine rings is 2. The number of nitrogens with one attached hydrogen (secondary N) is 1. The minimum Gasteiger partial charge on any atom is -0.481 e. The first-order valence-electron chi connectivity index (χ1n) is 7.93. The fraction of sp³-hybridized carbons (Fsp3) is 0.167. The Balaban J connectivity index is 1.69. The van der Waals surface area contributed by atoms with Crippen LogP contribution in [-0.4, -0.2) is 26.5 Å². The molecule has 4 aromatic heterocycles. The van der Waals surface area contributed by atoms with Gasteiger partial charge in [-0.1, -0.05) is 11.6 Å². The van der Waals surface area contributed by atoms with Crippen LogP contribution in [0.25, 0.3) is 17.0 Å². The molecule has 0 aromatic carbocycles. The molecule has 1 N–H and O–H groups in total. The molecule has 0 atom stereocenters. The molecule has 0 spiro atoms. The second-order valence-corrected chi connectivity index (χ2v) is 7.12. The summed E-state index contributed by atoms with van der Waals surface area (Å²) in [6.07, 6.45) is 3.74. The highest BCUT2D eigenvalue weighted by Gasteiger charge is 2.16. The van der Waals surface area contributed by atoms with Gasteiger partial charge in [0, 0.05) is 17.6 Å². The lowest BCUT2D eigenvalue weighted by molar-refractivity contribution is 0.398. The summed E-state index contributed by atoms with van der Waals surface area (Å²) in [5, 5.41) is 6.68. The van der Waals surface area contributed by atoms with Gasteiger partial charge in [-0.05, 0) is 31.5 Å². The van der Waals surface area contributed by atoms with Gasteiger partial charge in [0.05, 0.1) is 35.4 Å². The summed E-state index contributed by atoms with van der Waals surface area (Å²) in [6, 6.07) is 5.61. The molecule has 6 nitrogen and oxygen atoms in total. The summed E-state index contributed by atoms with van der Waals surface area (Å²) in [5.74, 6) is 0.573. The van der Waals surface area contributed by atoms with Crippen LogP contribution in [0.5, 0.6) is 5.88 Å². The maximum atomic E-state index is 6.34. The van der Waals surface area contributed by atoms with Crippen molar-refractivity contribution >= 4 is 39.4 Å².